The first-order chi connectivity index (χ1) is 8.74. The predicted octanol–water partition coefficient (Wildman–Crippen LogP) is 1.62. The molecule has 0 saturated carbocycles. The van der Waals surface area contributed by atoms with Crippen molar-refractivity contribution in [1.82, 2.24) is 15.0 Å². The molecule has 0 aliphatic rings. The Bertz CT molecular complexity index is 528. The topological polar surface area (TPSA) is 60.2 Å². The molecule has 1 aromatic heterocycles. The van der Waals surface area contributed by atoms with E-state index in [0.717, 1.165) is 11.3 Å². The standard InChI is InChI=1S/C12H14ClN3O2/c1-18-8-12-11(7-17)14-15-16(12)6-9-3-2-4-10(13)5-9/h2-5,17H,6-8H2,1H3. The number of halogens is 1. The largest absolute Gasteiger partial charge is 0.390 e. The smallest absolute Gasteiger partial charge is 0.114 e. The lowest BCUT2D eigenvalue weighted by Gasteiger charge is -2.07. The van der Waals surface area contributed by atoms with E-state index in [9.17, 15) is 5.11 Å². The van der Waals surface area contributed by atoms with Crippen molar-refractivity contribution >= 4 is 11.6 Å². The molecule has 6 heteroatoms. The Morgan fingerprint density at radius 2 is 2.28 bits per heavy atom. The molecule has 0 radical (unpaired) electrons. The van der Waals surface area contributed by atoms with Crippen LogP contribution >= 0.6 is 11.6 Å². The summed E-state index contributed by atoms with van der Waals surface area (Å²) in [6.07, 6.45) is 0. The van der Waals surface area contributed by atoms with Crippen LogP contribution in [0.5, 0.6) is 0 Å². The summed E-state index contributed by atoms with van der Waals surface area (Å²) in [5.74, 6) is 0. The van der Waals surface area contributed by atoms with E-state index < -0.39 is 0 Å². The highest BCUT2D eigenvalue weighted by atomic mass is 35.5. The van der Waals surface area contributed by atoms with Gasteiger partial charge in [-0.05, 0) is 17.7 Å². The van der Waals surface area contributed by atoms with Gasteiger partial charge in [-0.15, -0.1) is 5.10 Å². The van der Waals surface area contributed by atoms with Crippen LogP contribution in [0.15, 0.2) is 24.3 Å². The minimum absolute atomic E-state index is 0.145. The summed E-state index contributed by atoms with van der Waals surface area (Å²) in [7, 11) is 1.60. The Hall–Kier alpha value is -1.43. The van der Waals surface area contributed by atoms with Crippen molar-refractivity contribution in [3.8, 4) is 0 Å². The Balaban J connectivity index is 2.25. The minimum Gasteiger partial charge on any atom is -0.390 e. The van der Waals surface area contributed by atoms with E-state index >= 15 is 0 Å². The number of methoxy groups -OCH3 is 1. The average molecular weight is 268 g/mol. The van der Waals surface area contributed by atoms with Gasteiger partial charge in [-0.3, -0.25) is 0 Å². The summed E-state index contributed by atoms with van der Waals surface area (Å²) in [6.45, 7) is 0.768. The van der Waals surface area contributed by atoms with Crippen LogP contribution in [0, 0.1) is 0 Å². The second kappa shape index (κ2) is 5.95. The summed E-state index contributed by atoms with van der Waals surface area (Å²) in [4.78, 5) is 0. The lowest BCUT2D eigenvalue weighted by molar-refractivity contribution is 0.173. The first kappa shape index (κ1) is 13.0. The minimum atomic E-state index is -0.145. The van der Waals surface area contributed by atoms with Crippen LogP contribution in [0.4, 0.5) is 0 Å². The number of nitrogens with zero attached hydrogens (tertiary/aromatic N) is 3. The highest BCUT2D eigenvalue weighted by Crippen LogP contribution is 2.14. The van der Waals surface area contributed by atoms with Crippen molar-refractivity contribution in [1.29, 1.82) is 0 Å². The van der Waals surface area contributed by atoms with Gasteiger partial charge in [0.1, 0.15) is 5.69 Å². The molecule has 96 valence electrons. The van der Waals surface area contributed by atoms with Gasteiger partial charge < -0.3 is 9.84 Å². The molecule has 2 aromatic rings. The van der Waals surface area contributed by atoms with Crippen LogP contribution in [-0.4, -0.2) is 27.2 Å². The van der Waals surface area contributed by atoms with Crippen LogP contribution in [0.2, 0.25) is 5.02 Å². The monoisotopic (exact) mass is 267 g/mol. The Morgan fingerprint density at radius 1 is 1.44 bits per heavy atom. The average Bonchev–Trinajstić information content (AvgIpc) is 2.72. The third kappa shape index (κ3) is 2.87. The first-order valence-corrected chi connectivity index (χ1v) is 5.88. The third-order valence-electron chi connectivity index (χ3n) is 2.57. The summed E-state index contributed by atoms with van der Waals surface area (Å²) in [5.41, 5.74) is 2.34. The normalized spacial score (nSPS) is 10.8. The fourth-order valence-corrected chi connectivity index (χ4v) is 1.93. The number of rotatable bonds is 5. The quantitative estimate of drug-likeness (QED) is 0.894. The van der Waals surface area contributed by atoms with Crippen LogP contribution in [0.25, 0.3) is 0 Å². The molecule has 0 fully saturated rings. The number of aliphatic hydroxyl groups is 1. The Morgan fingerprint density at radius 3 is 2.94 bits per heavy atom. The van der Waals surface area contributed by atoms with Gasteiger partial charge in [0, 0.05) is 12.1 Å². The molecule has 18 heavy (non-hydrogen) atoms. The number of benzene rings is 1. The molecule has 1 heterocycles. The molecule has 1 aromatic carbocycles. The zero-order valence-electron chi connectivity index (χ0n) is 10.0. The van der Waals surface area contributed by atoms with E-state index in [1.807, 2.05) is 24.3 Å². The fraction of sp³-hybridized carbons (Fsp3) is 0.333. The van der Waals surface area contributed by atoms with E-state index in [4.69, 9.17) is 16.3 Å². The van der Waals surface area contributed by atoms with Gasteiger partial charge in [0.05, 0.1) is 25.5 Å². The van der Waals surface area contributed by atoms with Crippen LogP contribution in [0.1, 0.15) is 17.0 Å². The molecule has 2 rings (SSSR count). The van der Waals surface area contributed by atoms with Gasteiger partial charge >= 0.3 is 0 Å². The second-order valence-corrected chi connectivity index (χ2v) is 4.30. The van der Waals surface area contributed by atoms with E-state index in [1.165, 1.54) is 0 Å². The summed E-state index contributed by atoms with van der Waals surface area (Å²) in [6, 6.07) is 7.54. The maximum absolute atomic E-state index is 9.18. The Kier molecular flexibility index (Phi) is 4.30. The van der Waals surface area contributed by atoms with Crippen LogP contribution < -0.4 is 0 Å². The molecule has 0 spiro atoms. The molecule has 0 aliphatic carbocycles. The number of hydrogen-bond acceptors (Lipinski definition) is 4. The molecule has 0 saturated heterocycles. The van der Waals surface area contributed by atoms with E-state index in [-0.39, 0.29) is 6.61 Å². The van der Waals surface area contributed by atoms with Crippen molar-refractivity contribution < 1.29 is 9.84 Å². The molecule has 1 N–H and O–H groups in total. The van der Waals surface area contributed by atoms with Crippen molar-refractivity contribution in [3.63, 3.8) is 0 Å². The number of aliphatic hydroxyl groups excluding tert-OH is 1. The highest BCUT2D eigenvalue weighted by Gasteiger charge is 2.12. The van der Waals surface area contributed by atoms with Gasteiger partial charge in [-0.1, -0.05) is 28.9 Å². The van der Waals surface area contributed by atoms with Crippen LogP contribution in [-0.2, 0) is 24.5 Å². The molecule has 0 bridgehead atoms. The molecule has 0 amide bonds. The predicted molar refractivity (Wildman–Crippen MR) is 67.2 cm³/mol. The molecular formula is C12H14ClN3O2. The summed E-state index contributed by atoms with van der Waals surface area (Å²) < 4.78 is 6.80. The number of aromatic nitrogens is 3. The molecular weight excluding hydrogens is 254 g/mol. The van der Waals surface area contributed by atoms with Crippen molar-refractivity contribution in [2.45, 2.75) is 19.8 Å². The van der Waals surface area contributed by atoms with Gasteiger partial charge in [-0.25, -0.2) is 4.68 Å². The van der Waals surface area contributed by atoms with Crippen molar-refractivity contribution in [2.24, 2.45) is 0 Å². The zero-order valence-corrected chi connectivity index (χ0v) is 10.8. The molecule has 0 aliphatic heterocycles. The van der Waals surface area contributed by atoms with E-state index in [2.05, 4.69) is 10.3 Å². The molecule has 0 unspecified atom stereocenters. The molecule has 0 atom stereocenters. The van der Waals surface area contributed by atoms with Crippen molar-refractivity contribution in [2.75, 3.05) is 7.11 Å². The SMILES string of the molecule is COCc1c(CO)nnn1Cc1cccc(Cl)c1. The maximum atomic E-state index is 9.18. The van der Waals surface area contributed by atoms with Gasteiger partial charge in [0.25, 0.3) is 0 Å². The number of ether oxygens (including phenoxy) is 1. The highest BCUT2D eigenvalue weighted by molar-refractivity contribution is 6.30. The van der Waals surface area contributed by atoms with Gasteiger partial charge in [0.15, 0.2) is 0 Å². The lowest BCUT2D eigenvalue weighted by atomic mass is 10.2. The molecule has 5 nitrogen and oxygen atoms in total. The maximum Gasteiger partial charge on any atom is 0.114 e. The van der Waals surface area contributed by atoms with Gasteiger partial charge in [-0.2, -0.15) is 0 Å². The zero-order chi connectivity index (χ0) is 13.0. The van der Waals surface area contributed by atoms with Crippen molar-refractivity contribution in [3.05, 3.63) is 46.2 Å². The second-order valence-electron chi connectivity index (χ2n) is 3.86. The Labute approximate surface area is 110 Å². The van der Waals surface area contributed by atoms with E-state index in [0.29, 0.717) is 23.9 Å². The summed E-state index contributed by atoms with van der Waals surface area (Å²) >= 11 is 5.93. The van der Waals surface area contributed by atoms with Gasteiger partial charge in [0.2, 0.25) is 0 Å². The summed E-state index contributed by atoms with van der Waals surface area (Å²) in [5, 5.41) is 17.8. The lowest BCUT2D eigenvalue weighted by Crippen LogP contribution is -2.08. The van der Waals surface area contributed by atoms with E-state index in [1.54, 1.807) is 11.8 Å². The third-order valence-corrected chi connectivity index (χ3v) is 2.81. The first-order valence-electron chi connectivity index (χ1n) is 5.50. The fourth-order valence-electron chi connectivity index (χ4n) is 1.72. The van der Waals surface area contributed by atoms with Crippen LogP contribution in [0.3, 0.4) is 0 Å². The number of hydrogen-bond donors (Lipinski definition) is 1.